The van der Waals surface area contributed by atoms with E-state index in [0.717, 1.165) is 5.56 Å². The number of methoxy groups -OCH3 is 1. The number of ketones is 1. The predicted octanol–water partition coefficient (Wildman–Crippen LogP) is 2.61. The van der Waals surface area contributed by atoms with E-state index >= 15 is 0 Å². The molecule has 0 bridgehead atoms. The van der Waals surface area contributed by atoms with Crippen LogP contribution in [-0.2, 0) is 22.0 Å². The van der Waals surface area contributed by atoms with Gasteiger partial charge in [0.1, 0.15) is 11.5 Å². The van der Waals surface area contributed by atoms with Gasteiger partial charge in [-0.3, -0.25) is 9.00 Å². The molecule has 0 N–H and O–H groups in total. The predicted molar refractivity (Wildman–Crippen MR) is 79.4 cm³/mol. The summed E-state index contributed by atoms with van der Waals surface area (Å²) in [5.41, 5.74) is 0.948. The number of ether oxygens (including phenoxy) is 1. The van der Waals surface area contributed by atoms with E-state index in [1.165, 1.54) is 0 Å². The number of benzene rings is 2. The minimum absolute atomic E-state index is 0.0228. The number of rotatable bonds is 6. The van der Waals surface area contributed by atoms with Crippen molar-refractivity contribution in [2.75, 3.05) is 12.9 Å². The van der Waals surface area contributed by atoms with E-state index in [-0.39, 0.29) is 11.5 Å². The first-order valence-electron chi connectivity index (χ1n) is 6.27. The zero-order valence-electron chi connectivity index (χ0n) is 11.2. The molecule has 0 aliphatic carbocycles. The molecule has 0 heterocycles. The van der Waals surface area contributed by atoms with E-state index in [1.54, 1.807) is 31.4 Å². The highest BCUT2D eigenvalue weighted by atomic mass is 32.2. The van der Waals surface area contributed by atoms with Crippen molar-refractivity contribution in [3.8, 4) is 5.75 Å². The molecule has 0 spiro atoms. The van der Waals surface area contributed by atoms with Crippen molar-refractivity contribution in [3.63, 3.8) is 0 Å². The molecule has 104 valence electrons. The summed E-state index contributed by atoms with van der Waals surface area (Å²) in [5.74, 6) is 0.730. The van der Waals surface area contributed by atoms with Crippen LogP contribution in [0.1, 0.15) is 5.56 Å². The fourth-order valence-corrected chi connectivity index (χ4v) is 2.83. The zero-order chi connectivity index (χ0) is 14.4. The molecule has 2 rings (SSSR count). The number of carbonyl (C=O) groups excluding carboxylic acids is 1. The van der Waals surface area contributed by atoms with Crippen LogP contribution in [0.2, 0.25) is 0 Å². The first kappa shape index (κ1) is 14.5. The quantitative estimate of drug-likeness (QED) is 0.820. The highest BCUT2D eigenvalue weighted by molar-refractivity contribution is 7.85. The molecule has 0 fully saturated rings. The molecule has 2 aromatic carbocycles. The fraction of sp³-hybridized carbons (Fsp3) is 0.188. The van der Waals surface area contributed by atoms with Crippen LogP contribution >= 0.6 is 0 Å². The maximum absolute atomic E-state index is 12.1. The lowest BCUT2D eigenvalue weighted by molar-refractivity contribution is -0.116. The summed E-state index contributed by atoms with van der Waals surface area (Å²) in [6, 6.07) is 16.4. The third-order valence-electron chi connectivity index (χ3n) is 2.86. The lowest BCUT2D eigenvalue weighted by Crippen LogP contribution is -2.13. The van der Waals surface area contributed by atoms with Gasteiger partial charge in [-0.15, -0.1) is 0 Å². The molecule has 20 heavy (non-hydrogen) atoms. The molecule has 0 amide bonds. The molecule has 0 aromatic heterocycles. The largest absolute Gasteiger partial charge is 0.497 e. The van der Waals surface area contributed by atoms with Crippen molar-refractivity contribution in [1.29, 1.82) is 0 Å². The van der Waals surface area contributed by atoms with Crippen LogP contribution in [0.5, 0.6) is 5.75 Å². The average molecular weight is 288 g/mol. The Morgan fingerprint density at radius 2 is 1.70 bits per heavy atom. The SMILES string of the molecule is COc1ccc(S(=O)CC(=O)Cc2ccccc2)cc1. The standard InChI is InChI=1S/C16H16O3S/c1-19-15-7-9-16(10-8-15)20(18)12-14(17)11-13-5-3-2-4-6-13/h2-10H,11-12H2,1H3. The van der Waals surface area contributed by atoms with E-state index in [0.29, 0.717) is 17.1 Å². The van der Waals surface area contributed by atoms with Gasteiger partial charge in [0.2, 0.25) is 0 Å². The summed E-state index contributed by atoms with van der Waals surface area (Å²) in [6.45, 7) is 0. The summed E-state index contributed by atoms with van der Waals surface area (Å²) in [6.07, 6.45) is 0.322. The van der Waals surface area contributed by atoms with Gasteiger partial charge in [0.25, 0.3) is 0 Å². The van der Waals surface area contributed by atoms with Gasteiger partial charge in [-0.1, -0.05) is 30.3 Å². The van der Waals surface area contributed by atoms with Crippen molar-refractivity contribution in [1.82, 2.24) is 0 Å². The lowest BCUT2D eigenvalue weighted by Gasteiger charge is -2.04. The van der Waals surface area contributed by atoms with Crippen molar-refractivity contribution in [2.24, 2.45) is 0 Å². The highest BCUT2D eigenvalue weighted by Crippen LogP contribution is 2.14. The van der Waals surface area contributed by atoms with E-state index in [4.69, 9.17) is 4.74 Å². The Bertz CT molecular complexity index is 591. The molecule has 1 unspecified atom stereocenters. The third-order valence-corrected chi connectivity index (χ3v) is 4.24. The maximum atomic E-state index is 12.1. The Kier molecular flexibility index (Phi) is 5.07. The van der Waals surface area contributed by atoms with Gasteiger partial charge >= 0.3 is 0 Å². The first-order chi connectivity index (χ1) is 9.69. The average Bonchev–Trinajstić information content (AvgIpc) is 2.48. The van der Waals surface area contributed by atoms with Gasteiger partial charge in [0.05, 0.1) is 23.7 Å². The Labute approximate surface area is 121 Å². The van der Waals surface area contributed by atoms with Crippen LogP contribution in [0.25, 0.3) is 0 Å². The van der Waals surface area contributed by atoms with Crippen LogP contribution in [0.3, 0.4) is 0 Å². The summed E-state index contributed by atoms with van der Waals surface area (Å²) in [7, 11) is 0.276. The van der Waals surface area contributed by atoms with Gasteiger partial charge in [0, 0.05) is 11.3 Å². The minimum atomic E-state index is -1.30. The molecule has 0 aliphatic rings. The normalized spacial score (nSPS) is 11.8. The summed E-state index contributed by atoms with van der Waals surface area (Å²) < 4.78 is 17.1. The Hall–Kier alpha value is -1.94. The lowest BCUT2D eigenvalue weighted by atomic mass is 10.1. The molecule has 2 aromatic rings. The monoisotopic (exact) mass is 288 g/mol. The number of hydrogen-bond acceptors (Lipinski definition) is 3. The van der Waals surface area contributed by atoms with Gasteiger partial charge in [-0.25, -0.2) is 0 Å². The van der Waals surface area contributed by atoms with E-state index in [9.17, 15) is 9.00 Å². The van der Waals surface area contributed by atoms with Crippen LogP contribution < -0.4 is 4.74 Å². The van der Waals surface area contributed by atoms with Crippen molar-refractivity contribution < 1.29 is 13.7 Å². The number of hydrogen-bond donors (Lipinski definition) is 0. The Morgan fingerprint density at radius 1 is 1.05 bits per heavy atom. The second-order valence-corrected chi connectivity index (χ2v) is 5.82. The molecular formula is C16H16O3S. The third kappa shape index (κ3) is 4.03. The Morgan fingerprint density at radius 3 is 2.30 bits per heavy atom. The van der Waals surface area contributed by atoms with Crippen LogP contribution in [0.4, 0.5) is 0 Å². The van der Waals surface area contributed by atoms with Crippen molar-refractivity contribution in [3.05, 3.63) is 60.2 Å². The molecule has 4 heteroatoms. The molecule has 1 atom stereocenters. The first-order valence-corrected chi connectivity index (χ1v) is 7.59. The van der Waals surface area contributed by atoms with Gasteiger partial charge in [-0.2, -0.15) is 0 Å². The molecule has 0 saturated heterocycles. The summed E-state index contributed by atoms with van der Waals surface area (Å²) in [4.78, 5) is 12.5. The van der Waals surface area contributed by atoms with Crippen LogP contribution in [0.15, 0.2) is 59.5 Å². The fourth-order valence-electron chi connectivity index (χ4n) is 1.83. The Balaban J connectivity index is 1.95. The maximum Gasteiger partial charge on any atom is 0.150 e. The topological polar surface area (TPSA) is 43.4 Å². The number of carbonyl (C=O) groups is 1. The van der Waals surface area contributed by atoms with Gasteiger partial charge in [-0.05, 0) is 29.8 Å². The summed E-state index contributed by atoms with van der Waals surface area (Å²) in [5, 5.41) is 0. The van der Waals surface area contributed by atoms with Crippen LogP contribution in [0, 0.1) is 0 Å². The second kappa shape index (κ2) is 7.01. The van der Waals surface area contributed by atoms with E-state index in [2.05, 4.69) is 0 Å². The second-order valence-electron chi connectivity index (χ2n) is 4.37. The van der Waals surface area contributed by atoms with Crippen molar-refractivity contribution >= 4 is 16.6 Å². The summed E-state index contributed by atoms with van der Waals surface area (Å²) >= 11 is 0. The highest BCUT2D eigenvalue weighted by Gasteiger charge is 2.11. The van der Waals surface area contributed by atoms with Crippen LogP contribution in [-0.4, -0.2) is 22.9 Å². The molecule has 0 radical (unpaired) electrons. The van der Waals surface area contributed by atoms with Gasteiger partial charge < -0.3 is 4.74 Å². The smallest absolute Gasteiger partial charge is 0.150 e. The molecular weight excluding hydrogens is 272 g/mol. The van der Waals surface area contributed by atoms with E-state index < -0.39 is 10.8 Å². The number of Topliss-reactive ketones (excluding diaryl/α,β-unsaturated/α-hetero) is 1. The van der Waals surface area contributed by atoms with E-state index in [1.807, 2.05) is 30.3 Å². The van der Waals surface area contributed by atoms with Gasteiger partial charge in [0.15, 0.2) is 0 Å². The molecule has 0 aliphatic heterocycles. The molecule has 0 saturated carbocycles. The zero-order valence-corrected chi connectivity index (χ0v) is 12.1. The molecule has 3 nitrogen and oxygen atoms in total. The minimum Gasteiger partial charge on any atom is -0.497 e. The van der Waals surface area contributed by atoms with Crippen molar-refractivity contribution in [2.45, 2.75) is 11.3 Å².